The molecule has 1 N–H and O–H groups in total. The summed E-state index contributed by atoms with van der Waals surface area (Å²) in [4.78, 5) is 29.3. The number of nitrogens with zero attached hydrogens (tertiary/aromatic N) is 4. The highest BCUT2D eigenvalue weighted by molar-refractivity contribution is 5.94. The van der Waals surface area contributed by atoms with Crippen molar-refractivity contribution in [3.63, 3.8) is 0 Å². The van der Waals surface area contributed by atoms with E-state index in [4.69, 9.17) is 0 Å². The van der Waals surface area contributed by atoms with Gasteiger partial charge in [0.25, 0.3) is 5.91 Å². The number of likely N-dealkylation sites (tertiary alicyclic amines) is 1. The minimum Gasteiger partial charge on any atom is -0.394 e. The van der Waals surface area contributed by atoms with Gasteiger partial charge in [0.15, 0.2) is 0 Å². The van der Waals surface area contributed by atoms with Gasteiger partial charge in [-0.25, -0.2) is 0 Å². The van der Waals surface area contributed by atoms with E-state index in [1.165, 1.54) is 9.80 Å². The Morgan fingerprint density at radius 1 is 1.00 bits per heavy atom. The molecular formula is C24H28N4O3. The molecule has 0 saturated carbocycles. The van der Waals surface area contributed by atoms with Crippen LogP contribution in [0.15, 0.2) is 48.5 Å². The van der Waals surface area contributed by atoms with E-state index in [1.54, 1.807) is 45.2 Å². The van der Waals surface area contributed by atoms with Gasteiger partial charge < -0.3 is 19.8 Å². The van der Waals surface area contributed by atoms with Crippen LogP contribution in [-0.2, 0) is 4.79 Å². The van der Waals surface area contributed by atoms with Crippen molar-refractivity contribution >= 4 is 11.8 Å². The molecule has 162 valence electrons. The lowest BCUT2D eigenvalue weighted by Gasteiger charge is -2.51. The highest BCUT2D eigenvalue weighted by Crippen LogP contribution is 2.41. The van der Waals surface area contributed by atoms with Crippen LogP contribution in [0.25, 0.3) is 11.1 Å². The molecular weight excluding hydrogens is 392 g/mol. The molecule has 7 nitrogen and oxygen atoms in total. The Morgan fingerprint density at radius 2 is 1.55 bits per heavy atom. The molecule has 0 aromatic heterocycles. The third-order valence-corrected chi connectivity index (χ3v) is 5.64. The van der Waals surface area contributed by atoms with Crippen molar-refractivity contribution in [2.75, 3.05) is 41.3 Å². The smallest absolute Gasteiger partial charge is 0.253 e. The van der Waals surface area contributed by atoms with Gasteiger partial charge >= 0.3 is 0 Å². The predicted octanol–water partition coefficient (Wildman–Crippen LogP) is 1.80. The number of nitriles is 1. The monoisotopic (exact) mass is 420 g/mol. The average molecular weight is 421 g/mol. The second-order valence-electron chi connectivity index (χ2n) is 8.29. The number of rotatable bonds is 6. The van der Waals surface area contributed by atoms with Gasteiger partial charge in [0.2, 0.25) is 5.91 Å². The first-order valence-corrected chi connectivity index (χ1v) is 10.2. The maximum absolute atomic E-state index is 12.5. The Kier molecular flexibility index (Phi) is 6.74. The number of aliphatic hydroxyl groups excluding tert-OH is 1. The van der Waals surface area contributed by atoms with Gasteiger partial charge in [0.1, 0.15) is 6.04 Å². The van der Waals surface area contributed by atoms with Crippen LogP contribution in [0.3, 0.4) is 0 Å². The summed E-state index contributed by atoms with van der Waals surface area (Å²) < 4.78 is 0. The third kappa shape index (κ3) is 4.46. The number of aliphatic hydroxyl groups is 1. The van der Waals surface area contributed by atoms with Crippen LogP contribution in [0.4, 0.5) is 0 Å². The summed E-state index contributed by atoms with van der Waals surface area (Å²) in [6.45, 7) is 0.0117. The summed E-state index contributed by atoms with van der Waals surface area (Å²) in [6, 6.07) is 16.5. The first-order chi connectivity index (χ1) is 14.8. The Hall–Kier alpha value is -3.21. The highest BCUT2D eigenvalue weighted by Gasteiger charge is 2.51. The van der Waals surface area contributed by atoms with E-state index in [0.717, 1.165) is 16.7 Å². The molecule has 2 amide bonds. The minimum absolute atomic E-state index is 0.0437. The molecule has 0 spiro atoms. The maximum atomic E-state index is 12.5. The molecule has 3 rings (SSSR count). The number of amides is 2. The molecule has 1 heterocycles. The number of hydrogen-bond acceptors (Lipinski definition) is 5. The first kappa shape index (κ1) is 22.5. The molecule has 2 aromatic rings. The zero-order valence-electron chi connectivity index (χ0n) is 18.3. The van der Waals surface area contributed by atoms with Crippen molar-refractivity contribution in [2.45, 2.75) is 18.0 Å². The molecule has 0 aliphatic carbocycles. The summed E-state index contributed by atoms with van der Waals surface area (Å²) in [5, 5.41) is 19.5. The average Bonchev–Trinajstić information content (AvgIpc) is 2.73. The SMILES string of the molecule is CN(C)CC(=O)N1[C@@H](C#N)[C@H](c2ccc(-c3ccc(C(=O)N(C)C)cc3)cc2)[C@@H]1CO. The van der Waals surface area contributed by atoms with Crippen LogP contribution in [0, 0.1) is 11.3 Å². The van der Waals surface area contributed by atoms with Gasteiger partial charge in [0, 0.05) is 25.6 Å². The van der Waals surface area contributed by atoms with Crippen LogP contribution >= 0.6 is 0 Å². The normalized spacial score (nSPS) is 20.2. The standard InChI is InChI=1S/C24H28N4O3/c1-26(2)14-22(30)28-20(13-25)23(21(28)15-29)18-9-5-16(6-10-18)17-7-11-19(12-8-17)24(31)27(3)4/h5-12,20-21,23,29H,14-15H2,1-4H3/t20-,21-,23-/m0/s1. The number of benzene rings is 2. The molecule has 0 radical (unpaired) electrons. The largest absolute Gasteiger partial charge is 0.394 e. The number of hydrogen-bond donors (Lipinski definition) is 1. The van der Waals surface area contributed by atoms with E-state index in [0.29, 0.717) is 5.56 Å². The fourth-order valence-corrected chi connectivity index (χ4v) is 4.06. The van der Waals surface area contributed by atoms with Gasteiger partial charge in [-0.2, -0.15) is 5.26 Å². The van der Waals surface area contributed by atoms with Crippen molar-refractivity contribution in [1.29, 1.82) is 5.26 Å². The molecule has 0 bridgehead atoms. The predicted molar refractivity (Wildman–Crippen MR) is 118 cm³/mol. The Labute approximate surface area is 183 Å². The summed E-state index contributed by atoms with van der Waals surface area (Å²) in [5.41, 5.74) is 3.52. The zero-order valence-corrected chi connectivity index (χ0v) is 18.3. The third-order valence-electron chi connectivity index (χ3n) is 5.64. The van der Waals surface area contributed by atoms with Crippen LogP contribution in [0.2, 0.25) is 0 Å². The van der Waals surface area contributed by atoms with Crippen LogP contribution in [0.1, 0.15) is 21.8 Å². The summed E-state index contributed by atoms with van der Waals surface area (Å²) in [7, 11) is 7.04. The fourth-order valence-electron chi connectivity index (χ4n) is 4.06. The quantitative estimate of drug-likeness (QED) is 0.770. The van der Waals surface area contributed by atoms with Gasteiger partial charge in [0.05, 0.1) is 25.3 Å². The van der Waals surface area contributed by atoms with Crippen LogP contribution in [0.5, 0.6) is 0 Å². The van der Waals surface area contributed by atoms with Gasteiger partial charge in [-0.1, -0.05) is 36.4 Å². The minimum atomic E-state index is -0.591. The molecule has 0 unspecified atom stereocenters. The lowest BCUT2D eigenvalue weighted by atomic mass is 9.75. The molecule has 7 heteroatoms. The second-order valence-corrected chi connectivity index (χ2v) is 8.29. The lowest BCUT2D eigenvalue weighted by Crippen LogP contribution is -2.66. The molecule has 31 heavy (non-hydrogen) atoms. The van der Waals surface area contributed by atoms with E-state index in [9.17, 15) is 20.0 Å². The van der Waals surface area contributed by atoms with Crippen molar-refractivity contribution in [2.24, 2.45) is 0 Å². The van der Waals surface area contributed by atoms with Crippen LogP contribution in [-0.4, -0.2) is 85.0 Å². The van der Waals surface area contributed by atoms with Gasteiger partial charge in [-0.15, -0.1) is 0 Å². The zero-order chi connectivity index (χ0) is 22.7. The highest BCUT2D eigenvalue weighted by atomic mass is 16.3. The second kappa shape index (κ2) is 9.29. The lowest BCUT2D eigenvalue weighted by molar-refractivity contribution is -0.147. The Bertz CT molecular complexity index is 977. The summed E-state index contributed by atoms with van der Waals surface area (Å²) in [5.74, 6) is -0.427. The van der Waals surface area contributed by atoms with E-state index in [2.05, 4.69) is 6.07 Å². The Morgan fingerprint density at radius 3 is 2.00 bits per heavy atom. The fraction of sp³-hybridized carbons (Fsp3) is 0.375. The molecule has 3 atom stereocenters. The number of carbonyl (C=O) groups is 2. The number of likely N-dealkylation sites (N-methyl/N-ethyl adjacent to an activating group) is 1. The summed E-state index contributed by atoms with van der Waals surface area (Å²) >= 11 is 0. The van der Waals surface area contributed by atoms with E-state index < -0.39 is 12.1 Å². The molecule has 1 aliphatic rings. The van der Waals surface area contributed by atoms with E-state index >= 15 is 0 Å². The van der Waals surface area contributed by atoms with Gasteiger partial charge in [-0.05, 0) is 42.9 Å². The van der Waals surface area contributed by atoms with Crippen molar-refractivity contribution < 1.29 is 14.7 Å². The molecule has 2 aromatic carbocycles. The molecule has 1 saturated heterocycles. The van der Waals surface area contributed by atoms with Gasteiger partial charge in [-0.3, -0.25) is 9.59 Å². The van der Waals surface area contributed by atoms with Crippen LogP contribution < -0.4 is 0 Å². The molecule has 1 aliphatic heterocycles. The number of carbonyl (C=O) groups excluding carboxylic acids is 2. The van der Waals surface area contributed by atoms with Crippen molar-refractivity contribution in [3.05, 3.63) is 59.7 Å². The van der Waals surface area contributed by atoms with E-state index in [1.807, 2.05) is 36.4 Å². The van der Waals surface area contributed by atoms with Crippen molar-refractivity contribution in [3.8, 4) is 17.2 Å². The first-order valence-electron chi connectivity index (χ1n) is 10.2. The van der Waals surface area contributed by atoms with E-state index in [-0.39, 0.29) is 30.9 Å². The van der Waals surface area contributed by atoms with Crippen molar-refractivity contribution in [1.82, 2.24) is 14.7 Å². The topological polar surface area (TPSA) is 87.9 Å². The summed E-state index contributed by atoms with van der Waals surface area (Å²) in [6.07, 6.45) is 0. The maximum Gasteiger partial charge on any atom is 0.253 e. The Balaban J connectivity index is 1.79. The molecule has 1 fully saturated rings.